The normalized spacial score (nSPS) is 12.9. The lowest BCUT2D eigenvalue weighted by molar-refractivity contribution is 0.0764. The molecule has 1 aromatic rings. The SMILES string of the molecule is CCCCN(CCBr)C(=O)c1ccc2c(c1)CCO2. The highest BCUT2D eigenvalue weighted by Gasteiger charge is 2.18. The molecule has 0 radical (unpaired) electrons. The molecule has 0 atom stereocenters. The first-order chi connectivity index (χ1) is 9.26. The number of ether oxygens (including phenoxy) is 1. The minimum absolute atomic E-state index is 0.127. The van der Waals surface area contributed by atoms with Gasteiger partial charge >= 0.3 is 0 Å². The number of nitrogens with zero attached hydrogens (tertiary/aromatic N) is 1. The van der Waals surface area contributed by atoms with Crippen molar-refractivity contribution in [1.29, 1.82) is 0 Å². The lowest BCUT2D eigenvalue weighted by Gasteiger charge is -2.21. The maximum Gasteiger partial charge on any atom is 0.253 e. The zero-order valence-electron chi connectivity index (χ0n) is 11.3. The lowest BCUT2D eigenvalue weighted by Crippen LogP contribution is -2.33. The fraction of sp³-hybridized carbons (Fsp3) is 0.533. The van der Waals surface area contributed by atoms with Crippen LogP contribution in [-0.4, -0.2) is 35.8 Å². The predicted octanol–water partition coefficient (Wildman–Crippen LogP) is 3.26. The van der Waals surface area contributed by atoms with Gasteiger partial charge in [-0.2, -0.15) is 0 Å². The van der Waals surface area contributed by atoms with Gasteiger partial charge in [0.2, 0.25) is 0 Å². The molecule has 0 unspecified atom stereocenters. The van der Waals surface area contributed by atoms with E-state index in [1.807, 2.05) is 23.1 Å². The van der Waals surface area contributed by atoms with Crippen molar-refractivity contribution in [2.24, 2.45) is 0 Å². The fourth-order valence-electron chi connectivity index (χ4n) is 2.27. The number of unbranched alkanes of at least 4 members (excludes halogenated alkanes) is 1. The number of amides is 1. The lowest BCUT2D eigenvalue weighted by atomic mass is 10.1. The number of benzene rings is 1. The highest BCUT2D eigenvalue weighted by Crippen LogP contribution is 2.26. The first-order valence-corrected chi connectivity index (χ1v) is 7.99. The molecule has 2 rings (SSSR count). The average molecular weight is 326 g/mol. The molecule has 1 aliphatic heterocycles. The van der Waals surface area contributed by atoms with Gasteiger partial charge in [-0.15, -0.1) is 0 Å². The molecule has 4 heteroatoms. The molecule has 1 heterocycles. The fourth-order valence-corrected chi connectivity index (χ4v) is 2.70. The van der Waals surface area contributed by atoms with Gasteiger partial charge in [-0.1, -0.05) is 29.3 Å². The van der Waals surface area contributed by atoms with Crippen LogP contribution >= 0.6 is 15.9 Å². The Kier molecular flexibility index (Phi) is 5.25. The Morgan fingerprint density at radius 1 is 1.42 bits per heavy atom. The molecule has 3 nitrogen and oxygen atoms in total. The molecule has 1 aromatic carbocycles. The van der Waals surface area contributed by atoms with E-state index in [4.69, 9.17) is 4.74 Å². The Balaban J connectivity index is 2.11. The molecule has 1 aliphatic rings. The number of hydrogen-bond acceptors (Lipinski definition) is 2. The van der Waals surface area contributed by atoms with E-state index in [0.29, 0.717) is 0 Å². The molecular weight excluding hydrogens is 306 g/mol. The highest BCUT2D eigenvalue weighted by molar-refractivity contribution is 9.09. The molecule has 0 aromatic heterocycles. The van der Waals surface area contributed by atoms with E-state index in [2.05, 4.69) is 22.9 Å². The number of alkyl halides is 1. The summed E-state index contributed by atoms with van der Waals surface area (Å²) in [6.07, 6.45) is 3.06. The zero-order valence-corrected chi connectivity index (χ0v) is 12.9. The number of carbonyl (C=O) groups is 1. The van der Waals surface area contributed by atoms with Crippen LogP contribution in [0.3, 0.4) is 0 Å². The van der Waals surface area contributed by atoms with Crippen LogP contribution in [0.15, 0.2) is 18.2 Å². The number of halogens is 1. The van der Waals surface area contributed by atoms with E-state index in [-0.39, 0.29) is 5.91 Å². The minimum atomic E-state index is 0.127. The molecule has 19 heavy (non-hydrogen) atoms. The number of carbonyl (C=O) groups excluding carboxylic acids is 1. The van der Waals surface area contributed by atoms with E-state index >= 15 is 0 Å². The minimum Gasteiger partial charge on any atom is -0.493 e. The topological polar surface area (TPSA) is 29.5 Å². The summed E-state index contributed by atoms with van der Waals surface area (Å²) in [5, 5.41) is 0.816. The van der Waals surface area contributed by atoms with E-state index in [1.54, 1.807) is 0 Å². The number of hydrogen-bond donors (Lipinski definition) is 0. The van der Waals surface area contributed by atoms with E-state index < -0.39 is 0 Å². The maximum absolute atomic E-state index is 12.5. The van der Waals surface area contributed by atoms with Crippen LogP contribution in [0.2, 0.25) is 0 Å². The Labute approximate surface area is 123 Å². The van der Waals surface area contributed by atoms with Gasteiger partial charge in [0.25, 0.3) is 5.91 Å². The molecule has 0 fully saturated rings. The first kappa shape index (κ1) is 14.4. The third-order valence-corrected chi connectivity index (χ3v) is 3.71. The van der Waals surface area contributed by atoms with Gasteiger partial charge in [0, 0.05) is 30.4 Å². The summed E-state index contributed by atoms with van der Waals surface area (Å²) in [7, 11) is 0. The van der Waals surface area contributed by atoms with Gasteiger partial charge in [-0.25, -0.2) is 0 Å². The zero-order chi connectivity index (χ0) is 13.7. The Hall–Kier alpha value is -1.03. The molecule has 0 saturated heterocycles. The van der Waals surface area contributed by atoms with Crippen LogP contribution in [0.4, 0.5) is 0 Å². The molecular formula is C15H20BrNO2. The van der Waals surface area contributed by atoms with Crippen molar-refractivity contribution in [1.82, 2.24) is 4.90 Å². The van der Waals surface area contributed by atoms with Crippen LogP contribution in [0.5, 0.6) is 5.75 Å². The summed E-state index contributed by atoms with van der Waals surface area (Å²) >= 11 is 3.42. The number of fused-ring (bicyclic) bond motifs is 1. The summed E-state index contributed by atoms with van der Waals surface area (Å²) < 4.78 is 5.47. The summed E-state index contributed by atoms with van der Waals surface area (Å²) in [5.41, 5.74) is 1.93. The number of rotatable bonds is 6. The van der Waals surface area contributed by atoms with Crippen molar-refractivity contribution < 1.29 is 9.53 Å². The van der Waals surface area contributed by atoms with Gasteiger partial charge in [-0.05, 0) is 30.2 Å². The molecule has 104 valence electrons. The van der Waals surface area contributed by atoms with Crippen LogP contribution in [-0.2, 0) is 6.42 Å². The van der Waals surface area contributed by atoms with E-state index in [9.17, 15) is 4.79 Å². The summed E-state index contributed by atoms with van der Waals surface area (Å²) in [6.45, 7) is 4.46. The van der Waals surface area contributed by atoms with Gasteiger partial charge < -0.3 is 9.64 Å². The van der Waals surface area contributed by atoms with Crippen molar-refractivity contribution in [3.8, 4) is 5.75 Å². The van der Waals surface area contributed by atoms with Crippen molar-refractivity contribution in [3.05, 3.63) is 29.3 Å². The van der Waals surface area contributed by atoms with Crippen LogP contribution in [0.25, 0.3) is 0 Å². The quantitative estimate of drug-likeness (QED) is 0.751. The Bertz CT molecular complexity index is 448. The second kappa shape index (κ2) is 6.94. The third kappa shape index (κ3) is 3.50. The standard InChI is InChI=1S/C15H20BrNO2/c1-2-3-8-17(9-7-16)15(18)13-4-5-14-12(11-13)6-10-19-14/h4-5,11H,2-3,6-10H2,1H3. The van der Waals surface area contributed by atoms with E-state index in [1.165, 1.54) is 0 Å². The van der Waals surface area contributed by atoms with Gasteiger partial charge in [-0.3, -0.25) is 4.79 Å². The van der Waals surface area contributed by atoms with Crippen molar-refractivity contribution in [2.45, 2.75) is 26.2 Å². The molecule has 1 amide bonds. The average Bonchev–Trinajstić information content (AvgIpc) is 2.90. The summed E-state index contributed by atoms with van der Waals surface area (Å²) in [4.78, 5) is 14.4. The summed E-state index contributed by atoms with van der Waals surface area (Å²) in [6, 6.07) is 5.78. The molecule has 0 saturated carbocycles. The van der Waals surface area contributed by atoms with Crippen LogP contribution in [0, 0.1) is 0 Å². The maximum atomic E-state index is 12.5. The van der Waals surface area contributed by atoms with E-state index in [0.717, 1.165) is 61.2 Å². The van der Waals surface area contributed by atoms with Crippen molar-refractivity contribution in [3.63, 3.8) is 0 Å². The largest absolute Gasteiger partial charge is 0.493 e. The molecule has 0 N–H and O–H groups in total. The Morgan fingerprint density at radius 3 is 3.00 bits per heavy atom. The van der Waals surface area contributed by atoms with Gasteiger partial charge in [0.1, 0.15) is 5.75 Å². The predicted molar refractivity (Wildman–Crippen MR) is 80.2 cm³/mol. The third-order valence-electron chi connectivity index (χ3n) is 3.36. The molecule has 0 aliphatic carbocycles. The van der Waals surface area contributed by atoms with Crippen molar-refractivity contribution in [2.75, 3.05) is 25.0 Å². The highest BCUT2D eigenvalue weighted by atomic mass is 79.9. The summed E-state index contributed by atoms with van der Waals surface area (Å²) in [5.74, 6) is 1.06. The smallest absolute Gasteiger partial charge is 0.253 e. The van der Waals surface area contributed by atoms with Crippen molar-refractivity contribution >= 4 is 21.8 Å². The first-order valence-electron chi connectivity index (χ1n) is 6.87. The second-order valence-electron chi connectivity index (χ2n) is 4.76. The van der Waals surface area contributed by atoms with Crippen LogP contribution in [0.1, 0.15) is 35.7 Å². The van der Waals surface area contributed by atoms with Gasteiger partial charge in [0.05, 0.1) is 6.61 Å². The second-order valence-corrected chi connectivity index (χ2v) is 5.55. The monoisotopic (exact) mass is 325 g/mol. The Morgan fingerprint density at radius 2 is 2.26 bits per heavy atom. The van der Waals surface area contributed by atoms with Crippen LogP contribution < -0.4 is 4.74 Å². The molecule has 0 bridgehead atoms. The molecule has 0 spiro atoms. The van der Waals surface area contributed by atoms with Gasteiger partial charge in [0.15, 0.2) is 0 Å².